The van der Waals surface area contributed by atoms with Gasteiger partial charge < -0.3 is 5.32 Å². The molecular formula is C11H13BrN2O. The summed E-state index contributed by atoms with van der Waals surface area (Å²) in [5, 5.41) is 3.67. The van der Waals surface area contributed by atoms with E-state index in [1.54, 1.807) is 12.3 Å². The molecule has 0 aromatic carbocycles. The Labute approximate surface area is 97.4 Å². The molecule has 2 rings (SSSR count). The summed E-state index contributed by atoms with van der Waals surface area (Å²) >= 11 is 3.18. The highest BCUT2D eigenvalue weighted by Crippen LogP contribution is 2.21. The maximum absolute atomic E-state index is 11.5. The van der Waals surface area contributed by atoms with Gasteiger partial charge in [-0.1, -0.05) is 15.9 Å². The van der Waals surface area contributed by atoms with Gasteiger partial charge in [0.2, 0.25) is 0 Å². The maximum Gasteiger partial charge on any atom is 0.173 e. The summed E-state index contributed by atoms with van der Waals surface area (Å²) < 4.78 is 0. The minimum absolute atomic E-state index is 0.115. The van der Waals surface area contributed by atoms with Crippen LogP contribution < -0.4 is 5.32 Å². The van der Waals surface area contributed by atoms with E-state index in [-0.39, 0.29) is 5.78 Å². The second-order valence-electron chi connectivity index (χ2n) is 3.72. The molecule has 1 unspecified atom stereocenters. The fourth-order valence-electron chi connectivity index (χ4n) is 1.83. The van der Waals surface area contributed by atoms with Gasteiger partial charge in [0.05, 0.1) is 5.33 Å². The molecule has 1 aromatic rings. The van der Waals surface area contributed by atoms with Crippen LogP contribution in [-0.2, 0) is 0 Å². The number of pyridine rings is 1. The molecule has 0 spiro atoms. The van der Waals surface area contributed by atoms with Gasteiger partial charge in [-0.05, 0) is 25.1 Å². The number of nitrogens with zero attached hydrogens (tertiary/aromatic N) is 1. The van der Waals surface area contributed by atoms with Gasteiger partial charge in [-0.25, -0.2) is 0 Å². The normalized spacial score (nSPS) is 20.5. The largest absolute Gasteiger partial charge is 0.316 e. The Kier molecular flexibility index (Phi) is 3.49. The topological polar surface area (TPSA) is 42.0 Å². The molecule has 4 heteroatoms. The zero-order valence-corrected chi connectivity index (χ0v) is 9.96. The smallest absolute Gasteiger partial charge is 0.173 e. The van der Waals surface area contributed by atoms with Gasteiger partial charge >= 0.3 is 0 Å². The van der Waals surface area contributed by atoms with Gasteiger partial charge in [-0.15, -0.1) is 0 Å². The predicted octanol–water partition coefficient (Wildman–Crippen LogP) is 1.74. The molecule has 0 amide bonds. The first-order valence-electron chi connectivity index (χ1n) is 5.07. The number of alkyl halides is 1. The number of aromatic nitrogens is 1. The van der Waals surface area contributed by atoms with Gasteiger partial charge in [0.25, 0.3) is 0 Å². The lowest BCUT2D eigenvalue weighted by molar-refractivity contribution is 0.102. The Hall–Kier alpha value is -0.740. The fourth-order valence-corrected chi connectivity index (χ4v) is 2.15. The van der Waals surface area contributed by atoms with Gasteiger partial charge in [-0.2, -0.15) is 0 Å². The lowest BCUT2D eigenvalue weighted by Crippen LogP contribution is -2.10. The molecule has 15 heavy (non-hydrogen) atoms. The van der Waals surface area contributed by atoms with Crippen LogP contribution in [0.15, 0.2) is 18.3 Å². The van der Waals surface area contributed by atoms with Crippen LogP contribution in [0.5, 0.6) is 0 Å². The molecule has 2 heterocycles. The number of hydrogen-bond donors (Lipinski definition) is 1. The van der Waals surface area contributed by atoms with Crippen molar-refractivity contribution in [1.82, 2.24) is 10.3 Å². The summed E-state index contributed by atoms with van der Waals surface area (Å²) in [5.74, 6) is 0.581. The summed E-state index contributed by atoms with van der Waals surface area (Å²) in [5.41, 5.74) is 1.79. The van der Waals surface area contributed by atoms with Crippen LogP contribution in [-0.4, -0.2) is 29.2 Å². The molecule has 1 atom stereocenters. The van der Waals surface area contributed by atoms with Crippen molar-refractivity contribution in [3.05, 3.63) is 29.6 Å². The van der Waals surface area contributed by atoms with Crippen molar-refractivity contribution in [2.75, 3.05) is 18.4 Å². The molecule has 1 saturated heterocycles. The van der Waals surface area contributed by atoms with Crippen LogP contribution in [0.1, 0.15) is 28.4 Å². The van der Waals surface area contributed by atoms with Crippen molar-refractivity contribution in [3.8, 4) is 0 Å². The molecule has 0 saturated carbocycles. The number of ketones is 1. The SMILES string of the molecule is O=C(CBr)c1ccnc(C2CCNC2)c1. The standard InChI is InChI=1S/C11H13BrN2O/c12-6-11(15)8-2-4-14-10(5-8)9-1-3-13-7-9/h2,4-5,9,13H,1,3,6-7H2. The van der Waals surface area contributed by atoms with Crippen molar-refractivity contribution in [1.29, 1.82) is 0 Å². The van der Waals surface area contributed by atoms with E-state index in [2.05, 4.69) is 26.2 Å². The predicted molar refractivity (Wildman–Crippen MR) is 62.6 cm³/mol. The molecule has 3 nitrogen and oxygen atoms in total. The van der Waals surface area contributed by atoms with E-state index in [1.807, 2.05) is 6.07 Å². The Bertz CT molecular complexity index is 361. The highest BCUT2D eigenvalue weighted by Gasteiger charge is 2.18. The highest BCUT2D eigenvalue weighted by atomic mass is 79.9. The number of hydrogen-bond acceptors (Lipinski definition) is 3. The summed E-state index contributed by atoms with van der Waals surface area (Å²) in [6.07, 6.45) is 2.84. The Morgan fingerprint density at radius 2 is 2.53 bits per heavy atom. The van der Waals surface area contributed by atoms with Crippen LogP contribution in [0, 0.1) is 0 Å². The second kappa shape index (κ2) is 4.86. The third-order valence-electron chi connectivity index (χ3n) is 2.70. The summed E-state index contributed by atoms with van der Waals surface area (Å²) in [6.45, 7) is 2.02. The summed E-state index contributed by atoms with van der Waals surface area (Å²) in [4.78, 5) is 15.8. The van der Waals surface area contributed by atoms with E-state index in [9.17, 15) is 4.79 Å². The maximum atomic E-state index is 11.5. The summed E-state index contributed by atoms with van der Waals surface area (Å²) in [7, 11) is 0. The molecule has 80 valence electrons. The number of halogens is 1. The van der Waals surface area contributed by atoms with Crippen LogP contribution in [0.3, 0.4) is 0 Å². The average Bonchev–Trinajstić information content (AvgIpc) is 2.82. The number of carbonyl (C=O) groups excluding carboxylic acids is 1. The number of Topliss-reactive ketones (excluding diaryl/α,β-unsaturated/α-hetero) is 1. The van der Waals surface area contributed by atoms with E-state index in [1.165, 1.54) is 0 Å². The number of nitrogens with one attached hydrogen (secondary N) is 1. The van der Waals surface area contributed by atoms with Crippen LogP contribution in [0.2, 0.25) is 0 Å². The number of rotatable bonds is 3. The lowest BCUT2D eigenvalue weighted by atomic mass is 10.0. The third-order valence-corrected chi connectivity index (χ3v) is 3.21. The first-order chi connectivity index (χ1) is 7.31. The van der Waals surface area contributed by atoms with Crippen molar-refractivity contribution >= 4 is 21.7 Å². The molecule has 1 aliphatic rings. The zero-order chi connectivity index (χ0) is 10.7. The Morgan fingerprint density at radius 3 is 3.20 bits per heavy atom. The average molecular weight is 269 g/mol. The van der Waals surface area contributed by atoms with E-state index >= 15 is 0 Å². The van der Waals surface area contributed by atoms with Gasteiger partial charge in [0.15, 0.2) is 5.78 Å². The van der Waals surface area contributed by atoms with Crippen molar-refractivity contribution in [2.24, 2.45) is 0 Å². The Balaban J connectivity index is 2.21. The van der Waals surface area contributed by atoms with Gasteiger partial charge in [0, 0.05) is 29.9 Å². The lowest BCUT2D eigenvalue weighted by Gasteiger charge is -2.08. The van der Waals surface area contributed by atoms with Crippen LogP contribution in [0.4, 0.5) is 0 Å². The molecule has 0 bridgehead atoms. The van der Waals surface area contributed by atoms with Crippen molar-refractivity contribution in [2.45, 2.75) is 12.3 Å². The zero-order valence-electron chi connectivity index (χ0n) is 8.37. The first kappa shape index (κ1) is 10.8. The van der Waals surface area contributed by atoms with Crippen LogP contribution in [0.25, 0.3) is 0 Å². The van der Waals surface area contributed by atoms with Gasteiger partial charge in [-0.3, -0.25) is 9.78 Å². The minimum Gasteiger partial charge on any atom is -0.316 e. The van der Waals surface area contributed by atoms with Crippen molar-refractivity contribution < 1.29 is 4.79 Å². The fraction of sp³-hybridized carbons (Fsp3) is 0.455. The first-order valence-corrected chi connectivity index (χ1v) is 6.19. The number of carbonyl (C=O) groups is 1. The molecular weight excluding hydrogens is 256 g/mol. The molecule has 1 aliphatic heterocycles. The van der Waals surface area contributed by atoms with E-state index in [0.717, 1.165) is 30.8 Å². The van der Waals surface area contributed by atoms with E-state index in [0.29, 0.717) is 11.2 Å². The molecule has 1 aromatic heterocycles. The second-order valence-corrected chi connectivity index (χ2v) is 4.28. The minimum atomic E-state index is 0.115. The Morgan fingerprint density at radius 1 is 1.67 bits per heavy atom. The van der Waals surface area contributed by atoms with Gasteiger partial charge in [0.1, 0.15) is 0 Å². The third kappa shape index (κ3) is 2.44. The quantitative estimate of drug-likeness (QED) is 0.671. The molecule has 0 radical (unpaired) electrons. The highest BCUT2D eigenvalue weighted by molar-refractivity contribution is 9.09. The monoisotopic (exact) mass is 268 g/mol. The molecule has 1 fully saturated rings. The molecule has 0 aliphatic carbocycles. The van der Waals surface area contributed by atoms with Crippen molar-refractivity contribution in [3.63, 3.8) is 0 Å². The van der Waals surface area contributed by atoms with E-state index < -0.39 is 0 Å². The van der Waals surface area contributed by atoms with Crippen LogP contribution >= 0.6 is 15.9 Å². The summed E-state index contributed by atoms with van der Waals surface area (Å²) in [6, 6.07) is 3.69. The molecule has 1 N–H and O–H groups in total. The van der Waals surface area contributed by atoms with E-state index in [4.69, 9.17) is 0 Å².